The summed E-state index contributed by atoms with van der Waals surface area (Å²) in [6.07, 6.45) is 1.46. The predicted octanol–water partition coefficient (Wildman–Crippen LogP) is 4.60. The van der Waals surface area contributed by atoms with Crippen LogP contribution in [0.3, 0.4) is 0 Å². The Morgan fingerprint density at radius 2 is 1.81 bits per heavy atom. The molecule has 0 bridgehead atoms. The molecule has 0 aliphatic carbocycles. The van der Waals surface area contributed by atoms with Gasteiger partial charge in [0, 0.05) is 17.3 Å². The van der Waals surface area contributed by atoms with E-state index in [0.29, 0.717) is 35.3 Å². The summed E-state index contributed by atoms with van der Waals surface area (Å²) in [5.74, 6) is 1.14. The largest absolute Gasteiger partial charge is 0.490 e. The van der Waals surface area contributed by atoms with Crippen molar-refractivity contribution < 1.29 is 14.3 Å². The first-order chi connectivity index (χ1) is 12.5. The van der Waals surface area contributed by atoms with Crippen molar-refractivity contribution in [3.63, 3.8) is 0 Å². The number of nitrogens with zero attached hydrogens (tertiary/aromatic N) is 1. The summed E-state index contributed by atoms with van der Waals surface area (Å²) < 4.78 is 11.1. The SMILES string of the molecule is CCOc1cc(Cl)c(C=NNC(=O)Nc2ccccc2C)cc1OCC. The van der Waals surface area contributed by atoms with E-state index >= 15 is 0 Å². The average Bonchev–Trinajstić information content (AvgIpc) is 2.61. The number of carbonyl (C=O) groups is 1. The van der Waals surface area contributed by atoms with E-state index in [2.05, 4.69) is 15.8 Å². The first kappa shape index (κ1) is 19.6. The Morgan fingerprint density at radius 1 is 1.15 bits per heavy atom. The molecule has 2 rings (SSSR count). The van der Waals surface area contributed by atoms with E-state index in [9.17, 15) is 4.79 Å². The van der Waals surface area contributed by atoms with Crippen LogP contribution in [0.5, 0.6) is 11.5 Å². The number of para-hydroxylation sites is 1. The van der Waals surface area contributed by atoms with Gasteiger partial charge in [-0.25, -0.2) is 10.2 Å². The molecule has 2 aromatic rings. The quantitative estimate of drug-likeness (QED) is 0.548. The van der Waals surface area contributed by atoms with E-state index in [1.807, 2.05) is 45.0 Å². The fourth-order valence-corrected chi connectivity index (χ4v) is 2.41. The normalized spacial score (nSPS) is 10.6. The molecule has 2 N–H and O–H groups in total. The first-order valence-corrected chi connectivity index (χ1v) is 8.67. The first-order valence-electron chi connectivity index (χ1n) is 8.30. The maximum atomic E-state index is 11.9. The van der Waals surface area contributed by atoms with Crippen LogP contribution >= 0.6 is 11.6 Å². The van der Waals surface area contributed by atoms with E-state index in [1.165, 1.54) is 6.21 Å². The number of nitrogens with one attached hydrogen (secondary N) is 2. The number of amides is 2. The number of halogens is 1. The third-order valence-electron chi connectivity index (χ3n) is 3.43. The van der Waals surface area contributed by atoms with E-state index < -0.39 is 6.03 Å². The molecule has 7 heteroatoms. The van der Waals surface area contributed by atoms with Gasteiger partial charge in [-0.05, 0) is 38.5 Å². The van der Waals surface area contributed by atoms with Crippen LogP contribution in [-0.4, -0.2) is 25.5 Å². The van der Waals surface area contributed by atoms with E-state index in [-0.39, 0.29) is 0 Å². The van der Waals surface area contributed by atoms with Crippen LogP contribution in [-0.2, 0) is 0 Å². The summed E-state index contributed by atoms with van der Waals surface area (Å²) >= 11 is 6.25. The summed E-state index contributed by atoms with van der Waals surface area (Å²) in [5, 5.41) is 7.11. The number of anilines is 1. The third kappa shape index (κ3) is 5.39. The van der Waals surface area contributed by atoms with E-state index in [1.54, 1.807) is 12.1 Å². The van der Waals surface area contributed by atoms with Crippen LogP contribution in [0.4, 0.5) is 10.5 Å². The number of hydrogen-bond donors (Lipinski definition) is 2. The second-order valence-electron chi connectivity index (χ2n) is 5.33. The van der Waals surface area contributed by atoms with Gasteiger partial charge >= 0.3 is 6.03 Å². The molecule has 0 aliphatic heterocycles. The van der Waals surface area contributed by atoms with Gasteiger partial charge in [-0.15, -0.1) is 0 Å². The average molecular weight is 376 g/mol. The Kier molecular flexibility index (Phi) is 7.29. The molecule has 2 amide bonds. The highest BCUT2D eigenvalue weighted by molar-refractivity contribution is 6.33. The summed E-state index contributed by atoms with van der Waals surface area (Å²) in [5.41, 5.74) is 4.70. The van der Waals surface area contributed by atoms with E-state index in [4.69, 9.17) is 21.1 Å². The van der Waals surface area contributed by atoms with Gasteiger partial charge in [0.05, 0.1) is 24.5 Å². The molecule has 0 atom stereocenters. The molecule has 26 heavy (non-hydrogen) atoms. The molecule has 6 nitrogen and oxygen atoms in total. The monoisotopic (exact) mass is 375 g/mol. The van der Waals surface area contributed by atoms with Gasteiger partial charge in [0.2, 0.25) is 0 Å². The Bertz CT molecular complexity index is 794. The molecular weight excluding hydrogens is 354 g/mol. The van der Waals surface area contributed by atoms with Gasteiger partial charge in [0.1, 0.15) is 0 Å². The minimum Gasteiger partial charge on any atom is -0.490 e. The number of benzene rings is 2. The minimum atomic E-state index is -0.442. The number of ether oxygens (including phenoxy) is 2. The van der Waals surface area contributed by atoms with Crippen molar-refractivity contribution >= 4 is 29.5 Å². The molecule has 138 valence electrons. The predicted molar refractivity (Wildman–Crippen MR) is 105 cm³/mol. The van der Waals surface area contributed by atoms with Crippen molar-refractivity contribution in [2.75, 3.05) is 18.5 Å². The minimum absolute atomic E-state index is 0.442. The highest BCUT2D eigenvalue weighted by atomic mass is 35.5. The number of carbonyl (C=O) groups excluding carboxylic acids is 1. The molecule has 0 heterocycles. The highest BCUT2D eigenvalue weighted by Crippen LogP contribution is 2.33. The molecule has 0 radical (unpaired) electrons. The third-order valence-corrected chi connectivity index (χ3v) is 3.75. The molecule has 0 saturated carbocycles. The summed E-state index contributed by atoms with van der Waals surface area (Å²) in [6, 6.07) is 10.4. The Balaban J connectivity index is 2.06. The van der Waals surface area contributed by atoms with E-state index in [0.717, 1.165) is 11.3 Å². The zero-order valence-electron chi connectivity index (χ0n) is 15.0. The number of rotatable bonds is 7. The number of urea groups is 1. The lowest BCUT2D eigenvalue weighted by molar-refractivity contribution is 0.252. The fraction of sp³-hybridized carbons (Fsp3) is 0.263. The Labute approximate surface area is 158 Å². The van der Waals surface area contributed by atoms with Crippen molar-refractivity contribution in [1.29, 1.82) is 0 Å². The lowest BCUT2D eigenvalue weighted by atomic mass is 10.2. The topological polar surface area (TPSA) is 72.0 Å². The molecule has 0 saturated heterocycles. The maximum Gasteiger partial charge on any atom is 0.339 e. The molecule has 0 fully saturated rings. The van der Waals surface area contributed by atoms with Gasteiger partial charge in [-0.2, -0.15) is 5.10 Å². The zero-order valence-corrected chi connectivity index (χ0v) is 15.8. The molecule has 0 unspecified atom stereocenters. The fourth-order valence-electron chi connectivity index (χ4n) is 2.21. The number of aryl methyl sites for hydroxylation is 1. The van der Waals surface area contributed by atoms with Crippen LogP contribution in [0.2, 0.25) is 5.02 Å². The lowest BCUT2D eigenvalue weighted by Gasteiger charge is -2.12. The number of hydrogen-bond acceptors (Lipinski definition) is 4. The molecule has 2 aromatic carbocycles. The van der Waals surface area contributed by atoms with Crippen molar-refractivity contribution in [1.82, 2.24) is 5.43 Å². The lowest BCUT2D eigenvalue weighted by Crippen LogP contribution is -2.24. The number of hydrazone groups is 1. The van der Waals surface area contributed by atoms with Crippen LogP contribution in [0.15, 0.2) is 41.5 Å². The van der Waals surface area contributed by atoms with Crippen LogP contribution in [0.1, 0.15) is 25.0 Å². The zero-order chi connectivity index (χ0) is 18.9. The van der Waals surface area contributed by atoms with Gasteiger partial charge in [-0.1, -0.05) is 29.8 Å². The van der Waals surface area contributed by atoms with Gasteiger partial charge < -0.3 is 14.8 Å². The van der Waals surface area contributed by atoms with Crippen LogP contribution in [0.25, 0.3) is 0 Å². The Morgan fingerprint density at radius 3 is 2.46 bits per heavy atom. The van der Waals surface area contributed by atoms with Gasteiger partial charge in [0.15, 0.2) is 11.5 Å². The maximum absolute atomic E-state index is 11.9. The smallest absolute Gasteiger partial charge is 0.339 e. The summed E-state index contributed by atoms with van der Waals surface area (Å²) in [6.45, 7) is 6.68. The second-order valence-corrected chi connectivity index (χ2v) is 5.73. The van der Waals surface area contributed by atoms with Crippen molar-refractivity contribution in [3.05, 3.63) is 52.5 Å². The van der Waals surface area contributed by atoms with Crippen molar-refractivity contribution in [3.8, 4) is 11.5 Å². The Hall–Kier alpha value is -2.73. The van der Waals surface area contributed by atoms with Crippen molar-refractivity contribution in [2.24, 2.45) is 5.10 Å². The highest BCUT2D eigenvalue weighted by Gasteiger charge is 2.10. The van der Waals surface area contributed by atoms with Crippen LogP contribution in [0, 0.1) is 6.92 Å². The standard InChI is InChI=1S/C19H22ClN3O3/c1-4-25-17-10-14(15(20)11-18(17)26-5-2)12-21-23-19(24)22-16-9-7-6-8-13(16)3/h6-12H,4-5H2,1-3H3,(H2,22,23,24). The van der Waals surface area contributed by atoms with Gasteiger partial charge in [-0.3, -0.25) is 0 Å². The molecule has 0 aromatic heterocycles. The van der Waals surface area contributed by atoms with Crippen LogP contribution < -0.4 is 20.2 Å². The van der Waals surface area contributed by atoms with Crippen molar-refractivity contribution in [2.45, 2.75) is 20.8 Å². The summed E-state index contributed by atoms with van der Waals surface area (Å²) in [4.78, 5) is 11.9. The molecule has 0 aliphatic rings. The second kappa shape index (κ2) is 9.68. The molecule has 0 spiro atoms. The van der Waals surface area contributed by atoms with Gasteiger partial charge in [0.25, 0.3) is 0 Å². The molecular formula is C19H22ClN3O3. The summed E-state index contributed by atoms with van der Waals surface area (Å²) in [7, 11) is 0.